The minimum Gasteiger partial charge on any atom is -0.394 e. The molecule has 0 spiro atoms. The van der Waals surface area contributed by atoms with E-state index in [4.69, 9.17) is 0 Å². The maximum atomic E-state index is 12.5. The average Bonchev–Trinajstić information content (AvgIpc) is 2.91. The van der Waals surface area contributed by atoms with Gasteiger partial charge in [0.15, 0.2) is 0 Å². The van der Waals surface area contributed by atoms with Gasteiger partial charge in [-0.15, -0.1) is 11.3 Å². The van der Waals surface area contributed by atoms with Crippen LogP contribution in [0.4, 0.5) is 0 Å². The minimum atomic E-state index is -0.440. The van der Waals surface area contributed by atoms with Crippen LogP contribution < -0.4 is 5.32 Å². The molecule has 0 saturated heterocycles. The number of nitrogens with one attached hydrogen (secondary N) is 1. The van der Waals surface area contributed by atoms with Crippen LogP contribution in [0.15, 0.2) is 30.3 Å². The van der Waals surface area contributed by atoms with Gasteiger partial charge < -0.3 is 10.4 Å². The molecule has 2 atom stereocenters. The lowest BCUT2D eigenvalue weighted by molar-refractivity contribution is 0.0700. The summed E-state index contributed by atoms with van der Waals surface area (Å²) >= 11 is 1.51. The molecule has 1 amide bonds. The second kappa shape index (κ2) is 5.78. The van der Waals surface area contributed by atoms with E-state index < -0.39 is 5.54 Å². The van der Waals surface area contributed by atoms with E-state index in [1.165, 1.54) is 17.8 Å². The van der Waals surface area contributed by atoms with Crippen molar-refractivity contribution < 1.29 is 9.90 Å². The molecule has 3 rings (SSSR count). The Morgan fingerprint density at radius 2 is 2.29 bits per heavy atom. The van der Waals surface area contributed by atoms with Crippen molar-refractivity contribution in [1.29, 1.82) is 0 Å². The summed E-state index contributed by atoms with van der Waals surface area (Å²) in [4.78, 5) is 13.3. The summed E-state index contributed by atoms with van der Waals surface area (Å²) in [7, 11) is 0. The quantitative estimate of drug-likeness (QED) is 0.910. The Morgan fingerprint density at radius 3 is 3.00 bits per heavy atom. The fourth-order valence-corrected chi connectivity index (χ4v) is 4.31. The standard InChI is InChI=1S/C17H21NO2S/c1-12-5-4-8-17(10-12,11-19)18-16(20)15-9-13-6-2-3-7-14(13)21-15/h2-3,6-7,9,12,19H,4-5,8,10-11H2,1H3,(H,18,20). The van der Waals surface area contributed by atoms with E-state index in [-0.39, 0.29) is 12.5 Å². The predicted molar refractivity (Wildman–Crippen MR) is 86.7 cm³/mol. The maximum absolute atomic E-state index is 12.5. The highest BCUT2D eigenvalue weighted by atomic mass is 32.1. The highest BCUT2D eigenvalue weighted by molar-refractivity contribution is 7.20. The molecule has 3 nitrogen and oxygen atoms in total. The van der Waals surface area contributed by atoms with Crippen LogP contribution >= 0.6 is 11.3 Å². The first-order valence-corrected chi connectivity index (χ1v) is 8.35. The summed E-state index contributed by atoms with van der Waals surface area (Å²) in [6.07, 6.45) is 3.97. The zero-order chi connectivity index (χ0) is 14.9. The lowest BCUT2D eigenvalue weighted by Gasteiger charge is -2.39. The minimum absolute atomic E-state index is 0.0218. The summed E-state index contributed by atoms with van der Waals surface area (Å²) in [5.74, 6) is 0.493. The second-order valence-corrected chi connectivity index (χ2v) is 7.33. The molecule has 112 valence electrons. The molecular formula is C17H21NO2S. The summed E-state index contributed by atoms with van der Waals surface area (Å²) in [5, 5.41) is 14.0. The molecule has 1 aliphatic rings. The number of fused-ring (bicyclic) bond motifs is 1. The number of hydrogen-bond acceptors (Lipinski definition) is 3. The Balaban J connectivity index is 1.81. The van der Waals surface area contributed by atoms with Crippen molar-refractivity contribution in [1.82, 2.24) is 5.32 Å². The zero-order valence-electron chi connectivity index (χ0n) is 12.3. The van der Waals surface area contributed by atoms with Crippen LogP contribution in [0.5, 0.6) is 0 Å². The van der Waals surface area contributed by atoms with E-state index in [0.29, 0.717) is 5.92 Å². The van der Waals surface area contributed by atoms with Crippen LogP contribution in [0.1, 0.15) is 42.3 Å². The SMILES string of the molecule is CC1CCCC(CO)(NC(=O)c2cc3ccccc3s2)C1. The van der Waals surface area contributed by atoms with Gasteiger partial charge >= 0.3 is 0 Å². The highest BCUT2D eigenvalue weighted by Crippen LogP contribution is 2.33. The van der Waals surface area contributed by atoms with Gasteiger partial charge in [-0.25, -0.2) is 0 Å². The number of aliphatic hydroxyl groups is 1. The first-order valence-electron chi connectivity index (χ1n) is 7.54. The molecule has 1 aliphatic carbocycles. The van der Waals surface area contributed by atoms with Gasteiger partial charge in [0.25, 0.3) is 5.91 Å². The van der Waals surface area contributed by atoms with E-state index in [0.717, 1.165) is 34.2 Å². The van der Waals surface area contributed by atoms with Crippen LogP contribution in [-0.2, 0) is 0 Å². The van der Waals surface area contributed by atoms with E-state index >= 15 is 0 Å². The molecule has 2 aromatic rings. The van der Waals surface area contributed by atoms with Crippen molar-refractivity contribution in [3.63, 3.8) is 0 Å². The van der Waals surface area contributed by atoms with Crippen LogP contribution in [0.2, 0.25) is 0 Å². The predicted octanol–water partition coefficient (Wildman–Crippen LogP) is 3.57. The molecule has 0 bridgehead atoms. The molecule has 21 heavy (non-hydrogen) atoms. The molecule has 1 heterocycles. The van der Waals surface area contributed by atoms with Gasteiger partial charge in [0.05, 0.1) is 17.0 Å². The molecule has 4 heteroatoms. The van der Waals surface area contributed by atoms with Gasteiger partial charge in [-0.3, -0.25) is 4.79 Å². The largest absolute Gasteiger partial charge is 0.394 e. The summed E-state index contributed by atoms with van der Waals surface area (Å²) in [6, 6.07) is 9.95. The van der Waals surface area contributed by atoms with E-state index in [1.54, 1.807) is 0 Å². The van der Waals surface area contributed by atoms with Gasteiger partial charge in [-0.2, -0.15) is 0 Å². The van der Waals surface area contributed by atoms with Gasteiger partial charge in [0.2, 0.25) is 0 Å². The number of aliphatic hydroxyl groups excluding tert-OH is 1. The number of rotatable bonds is 3. The summed E-state index contributed by atoms with van der Waals surface area (Å²) < 4.78 is 1.12. The van der Waals surface area contributed by atoms with Crippen molar-refractivity contribution in [3.05, 3.63) is 35.2 Å². The molecular weight excluding hydrogens is 282 g/mol. The number of amides is 1. The number of hydrogen-bond donors (Lipinski definition) is 2. The molecule has 0 radical (unpaired) electrons. The number of carbonyl (C=O) groups is 1. The smallest absolute Gasteiger partial charge is 0.261 e. The Kier molecular flexibility index (Phi) is 4.00. The molecule has 2 unspecified atom stereocenters. The van der Waals surface area contributed by atoms with Gasteiger partial charge in [-0.1, -0.05) is 38.0 Å². The van der Waals surface area contributed by atoms with Crippen molar-refractivity contribution in [2.75, 3.05) is 6.61 Å². The second-order valence-electron chi connectivity index (χ2n) is 6.24. The topological polar surface area (TPSA) is 49.3 Å². The number of thiophene rings is 1. The van der Waals surface area contributed by atoms with Gasteiger partial charge in [-0.05, 0) is 36.3 Å². The van der Waals surface area contributed by atoms with Crippen molar-refractivity contribution in [2.24, 2.45) is 5.92 Å². The molecule has 0 aliphatic heterocycles. The zero-order valence-corrected chi connectivity index (χ0v) is 13.1. The lowest BCUT2D eigenvalue weighted by Crippen LogP contribution is -2.53. The Bertz CT molecular complexity index is 618. The summed E-state index contributed by atoms with van der Waals surface area (Å²) in [5.41, 5.74) is -0.440. The van der Waals surface area contributed by atoms with Crippen LogP contribution in [0, 0.1) is 5.92 Å². The third-order valence-electron chi connectivity index (χ3n) is 4.42. The van der Waals surface area contributed by atoms with Crippen LogP contribution in [0.3, 0.4) is 0 Å². The van der Waals surface area contributed by atoms with E-state index in [2.05, 4.69) is 12.2 Å². The van der Waals surface area contributed by atoms with Gasteiger partial charge in [0, 0.05) is 4.70 Å². The fourth-order valence-electron chi connectivity index (χ4n) is 3.35. The van der Waals surface area contributed by atoms with E-state index in [1.807, 2.05) is 30.3 Å². The summed E-state index contributed by atoms with van der Waals surface area (Å²) in [6.45, 7) is 2.21. The van der Waals surface area contributed by atoms with Gasteiger partial charge in [0.1, 0.15) is 0 Å². The molecule has 1 aromatic heterocycles. The third-order valence-corrected chi connectivity index (χ3v) is 5.54. The fraction of sp³-hybridized carbons (Fsp3) is 0.471. The number of benzene rings is 1. The molecule has 1 saturated carbocycles. The highest BCUT2D eigenvalue weighted by Gasteiger charge is 2.36. The van der Waals surface area contributed by atoms with E-state index in [9.17, 15) is 9.90 Å². The van der Waals surface area contributed by atoms with Crippen molar-refractivity contribution in [3.8, 4) is 0 Å². The number of carbonyl (C=O) groups excluding carboxylic acids is 1. The normalized spacial score (nSPS) is 25.9. The van der Waals surface area contributed by atoms with Crippen LogP contribution in [-0.4, -0.2) is 23.2 Å². The average molecular weight is 303 g/mol. The Morgan fingerprint density at radius 1 is 1.48 bits per heavy atom. The monoisotopic (exact) mass is 303 g/mol. The van der Waals surface area contributed by atoms with Crippen molar-refractivity contribution >= 4 is 27.3 Å². The lowest BCUT2D eigenvalue weighted by atomic mass is 9.77. The van der Waals surface area contributed by atoms with Crippen molar-refractivity contribution in [2.45, 2.75) is 38.1 Å². The third kappa shape index (κ3) is 2.97. The Hall–Kier alpha value is -1.39. The molecule has 1 fully saturated rings. The van der Waals surface area contributed by atoms with Crippen LogP contribution in [0.25, 0.3) is 10.1 Å². The first kappa shape index (κ1) is 14.5. The Labute approximate surface area is 129 Å². The molecule has 2 N–H and O–H groups in total. The maximum Gasteiger partial charge on any atom is 0.261 e. The molecule has 1 aromatic carbocycles. The first-order chi connectivity index (χ1) is 10.1.